The van der Waals surface area contributed by atoms with Gasteiger partial charge in [-0.05, 0) is 6.42 Å². The van der Waals surface area contributed by atoms with Crippen LogP contribution in [-0.2, 0) is 6.42 Å². The molecule has 0 fully saturated rings. The first-order valence-electron chi connectivity index (χ1n) is 4.13. The third-order valence-electron chi connectivity index (χ3n) is 1.89. The Hall–Kier alpha value is -1.91. The molecule has 0 amide bonds. The van der Waals surface area contributed by atoms with Crippen molar-refractivity contribution in [1.29, 1.82) is 0 Å². The van der Waals surface area contributed by atoms with Crippen LogP contribution in [-0.4, -0.2) is 16.3 Å². The zero-order valence-corrected chi connectivity index (χ0v) is 7.67. The van der Waals surface area contributed by atoms with Crippen LogP contribution in [0.25, 0.3) is 0 Å². The van der Waals surface area contributed by atoms with Gasteiger partial charge < -0.3 is 5.21 Å². The van der Waals surface area contributed by atoms with Crippen molar-refractivity contribution in [2.24, 2.45) is 5.16 Å². The van der Waals surface area contributed by atoms with E-state index in [0.29, 0.717) is 17.5 Å². The number of aryl methyl sites for hydroxylation is 1. The number of nitrogens with zero attached hydrogens (tertiary/aromatic N) is 2. The van der Waals surface area contributed by atoms with Crippen LogP contribution in [0.5, 0.6) is 0 Å². The summed E-state index contributed by atoms with van der Waals surface area (Å²) in [6.07, 6.45) is 1.76. The summed E-state index contributed by atoms with van der Waals surface area (Å²) in [5, 5.41) is 21.7. The van der Waals surface area contributed by atoms with Gasteiger partial charge in [0.25, 0.3) is 5.69 Å². The van der Waals surface area contributed by atoms with Crippen LogP contribution < -0.4 is 0 Å². The predicted octanol–water partition coefficient (Wildman–Crippen LogP) is 1.97. The summed E-state index contributed by atoms with van der Waals surface area (Å²) in [5.74, 6) is 0. The van der Waals surface area contributed by atoms with Gasteiger partial charge in [0.2, 0.25) is 0 Å². The van der Waals surface area contributed by atoms with Gasteiger partial charge in [-0.1, -0.05) is 24.2 Å². The number of nitro benzene ring substituents is 1. The number of benzene rings is 1. The average Bonchev–Trinajstić information content (AvgIpc) is 2.18. The second-order valence-corrected chi connectivity index (χ2v) is 2.74. The lowest BCUT2D eigenvalue weighted by molar-refractivity contribution is -0.385. The highest BCUT2D eigenvalue weighted by molar-refractivity contribution is 5.80. The normalized spacial score (nSPS) is 10.6. The van der Waals surface area contributed by atoms with E-state index in [0.717, 1.165) is 6.21 Å². The summed E-state index contributed by atoms with van der Waals surface area (Å²) in [6, 6.07) is 4.72. The van der Waals surface area contributed by atoms with Crippen molar-refractivity contribution in [1.82, 2.24) is 0 Å². The third kappa shape index (κ3) is 2.07. The fourth-order valence-electron chi connectivity index (χ4n) is 1.20. The Bertz CT molecular complexity index is 374. The fourth-order valence-corrected chi connectivity index (χ4v) is 1.20. The summed E-state index contributed by atoms with van der Waals surface area (Å²) in [4.78, 5) is 10.2. The topological polar surface area (TPSA) is 75.7 Å². The molecule has 0 radical (unpaired) electrons. The van der Waals surface area contributed by atoms with E-state index in [-0.39, 0.29) is 5.69 Å². The summed E-state index contributed by atoms with van der Waals surface area (Å²) in [5.41, 5.74) is 1.24. The molecule has 0 aliphatic heterocycles. The van der Waals surface area contributed by atoms with Crippen LogP contribution in [0.4, 0.5) is 5.69 Å². The molecule has 5 heteroatoms. The molecule has 0 aliphatic carbocycles. The molecule has 5 nitrogen and oxygen atoms in total. The van der Waals surface area contributed by atoms with Crippen LogP contribution in [0.15, 0.2) is 23.4 Å². The first-order chi connectivity index (χ1) is 6.69. The van der Waals surface area contributed by atoms with Gasteiger partial charge in [0, 0.05) is 17.2 Å². The molecule has 0 heterocycles. The van der Waals surface area contributed by atoms with Gasteiger partial charge >= 0.3 is 0 Å². The monoisotopic (exact) mass is 194 g/mol. The Labute approximate surface area is 80.8 Å². The molecule has 0 atom stereocenters. The highest BCUT2D eigenvalue weighted by Gasteiger charge is 2.11. The van der Waals surface area contributed by atoms with Gasteiger partial charge in [-0.3, -0.25) is 10.1 Å². The summed E-state index contributed by atoms with van der Waals surface area (Å²) in [6.45, 7) is 1.85. The van der Waals surface area contributed by atoms with Crippen LogP contribution in [0.3, 0.4) is 0 Å². The van der Waals surface area contributed by atoms with Crippen molar-refractivity contribution in [3.63, 3.8) is 0 Å². The lowest BCUT2D eigenvalue weighted by atomic mass is 10.1. The first kappa shape index (κ1) is 10.2. The number of hydrogen-bond acceptors (Lipinski definition) is 4. The molecule has 0 saturated heterocycles. The molecule has 0 bridgehead atoms. The molecule has 1 aromatic rings. The van der Waals surface area contributed by atoms with E-state index in [4.69, 9.17) is 5.21 Å². The molecular weight excluding hydrogens is 184 g/mol. The van der Waals surface area contributed by atoms with E-state index in [9.17, 15) is 10.1 Å². The van der Waals surface area contributed by atoms with Crippen LogP contribution in [0.1, 0.15) is 18.1 Å². The van der Waals surface area contributed by atoms with Gasteiger partial charge in [0.05, 0.1) is 11.1 Å². The molecule has 1 N–H and O–H groups in total. The molecule has 1 aromatic carbocycles. The van der Waals surface area contributed by atoms with Crippen molar-refractivity contribution in [2.75, 3.05) is 0 Å². The first-order valence-corrected chi connectivity index (χ1v) is 4.13. The van der Waals surface area contributed by atoms with Crippen molar-refractivity contribution in [3.8, 4) is 0 Å². The van der Waals surface area contributed by atoms with Gasteiger partial charge in [0.15, 0.2) is 0 Å². The average molecular weight is 194 g/mol. The lowest BCUT2D eigenvalue weighted by Crippen LogP contribution is -1.95. The highest BCUT2D eigenvalue weighted by Crippen LogP contribution is 2.19. The van der Waals surface area contributed by atoms with Gasteiger partial charge in [0.1, 0.15) is 0 Å². The maximum Gasteiger partial charge on any atom is 0.273 e. The van der Waals surface area contributed by atoms with Crippen molar-refractivity contribution in [3.05, 3.63) is 39.4 Å². The van der Waals surface area contributed by atoms with Crippen molar-refractivity contribution >= 4 is 11.9 Å². The maximum absolute atomic E-state index is 10.6. The summed E-state index contributed by atoms with van der Waals surface area (Å²) in [7, 11) is 0. The maximum atomic E-state index is 10.6. The minimum absolute atomic E-state index is 0.0601. The Balaban J connectivity index is 3.20. The fraction of sp³-hybridized carbons (Fsp3) is 0.222. The van der Waals surface area contributed by atoms with Gasteiger partial charge in [-0.25, -0.2) is 0 Å². The summed E-state index contributed by atoms with van der Waals surface area (Å²) < 4.78 is 0. The van der Waals surface area contributed by atoms with Gasteiger partial charge in [-0.2, -0.15) is 0 Å². The second-order valence-electron chi connectivity index (χ2n) is 2.74. The van der Waals surface area contributed by atoms with Crippen molar-refractivity contribution < 1.29 is 10.1 Å². The molecule has 0 unspecified atom stereocenters. The molecule has 14 heavy (non-hydrogen) atoms. The van der Waals surface area contributed by atoms with E-state index < -0.39 is 4.92 Å². The number of hydrogen-bond donors (Lipinski definition) is 1. The van der Waals surface area contributed by atoms with Crippen LogP contribution >= 0.6 is 0 Å². The quantitative estimate of drug-likeness (QED) is 0.346. The Morgan fingerprint density at radius 1 is 1.64 bits per heavy atom. The van der Waals surface area contributed by atoms with E-state index in [1.807, 2.05) is 6.92 Å². The molecule has 0 aromatic heterocycles. The lowest BCUT2D eigenvalue weighted by Gasteiger charge is -1.99. The summed E-state index contributed by atoms with van der Waals surface area (Å²) >= 11 is 0. The van der Waals surface area contributed by atoms with Crippen LogP contribution in [0, 0.1) is 10.1 Å². The molecule has 1 rings (SSSR count). The van der Waals surface area contributed by atoms with Crippen molar-refractivity contribution in [2.45, 2.75) is 13.3 Å². The van der Waals surface area contributed by atoms with E-state index >= 15 is 0 Å². The molecule has 0 saturated carbocycles. The standard InChI is InChI=1S/C9H10N2O3/c1-2-8-4-3-7(6-10-12)5-9(8)11(13)14/h3-6,12H,2H2,1H3/b10-6-. The van der Waals surface area contributed by atoms with E-state index in [1.165, 1.54) is 6.07 Å². The Morgan fingerprint density at radius 3 is 2.86 bits per heavy atom. The zero-order chi connectivity index (χ0) is 10.6. The van der Waals surface area contributed by atoms with Crippen LogP contribution in [0.2, 0.25) is 0 Å². The second kappa shape index (κ2) is 4.36. The predicted molar refractivity (Wildman–Crippen MR) is 51.9 cm³/mol. The van der Waals surface area contributed by atoms with E-state index in [2.05, 4.69) is 5.16 Å². The Morgan fingerprint density at radius 2 is 2.36 bits per heavy atom. The number of nitro groups is 1. The van der Waals surface area contributed by atoms with Gasteiger partial charge in [-0.15, -0.1) is 0 Å². The number of rotatable bonds is 3. The minimum atomic E-state index is -0.437. The Kier molecular flexibility index (Phi) is 3.17. The third-order valence-corrected chi connectivity index (χ3v) is 1.89. The number of oxime groups is 1. The molecule has 0 aliphatic rings. The molecule has 0 spiro atoms. The highest BCUT2D eigenvalue weighted by atomic mass is 16.6. The minimum Gasteiger partial charge on any atom is -0.411 e. The SMILES string of the molecule is CCc1ccc(/C=N\O)cc1[N+](=O)[O-]. The van der Waals surface area contributed by atoms with E-state index in [1.54, 1.807) is 12.1 Å². The smallest absolute Gasteiger partial charge is 0.273 e. The largest absolute Gasteiger partial charge is 0.411 e. The zero-order valence-electron chi connectivity index (χ0n) is 7.67. The molecule has 74 valence electrons. The molecular formula is C9H10N2O3.